The summed E-state index contributed by atoms with van der Waals surface area (Å²) in [7, 11) is 0. The maximum atomic E-state index is 11.7. The molecule has 0 aliphatic carbocycles. The highest BCUT2D eigenvalue weighted by molar-refractivity contribution is 5.87. The Hall–Kier alpha value is -2.30. The van der Waals surface area contributed by atoms with Gasteiger partial charge in [-0.15, -0.1) is 0 Å². The lowest BCUT2D eigenvalue weighted by Crippen LogP contribution is -2.04. The molecule has 0 N–H and O–H groups in total. The molecule has 0 unspecified atom stereocenters. The molecule has 0 aliphatic heterocycles. The molecule has 0 atom stereocenters. The number of esters is 1. The summed E-state index contributed by atoms with van der Waals surface area (Å²) >= 11 is 0. The van der Waals surface area contributed by atoms with Crippen LogP contribution in [0, 0.1) is 6.92 Å². The van der Waals surface area contributed by atoms with Crippen LogP contribution in [-0.2, 0) is 4.74 Å². The molecule has 1 heterocycles. The smallest absolute Gasteiger partial charge is 0.376 e. The first-order valence-corrected chi connectivity index (χ1v) is 7.03. The van der Waals surface area contributed by atoms with Gasteiger partial charge in [0, 0.05) is 5.56 Å². The monoisotopic (exact) mass is 289 g/mol. The van der Waals surface area contributed by atoms with Gasteiger partial charge in [-0.2, -0.15) is 0 Å². The number of oxazole rings is 1. The van der Waals surface area contributed by atoms with Gasteiger partial charge in [-0.1, -0.05) is 13.0 Å². The number of ether oxygens (including phenoxy) is 2. The van der Waals surface area contributed by atoms with Crippen LogP contribution in [0.2, 0.25) is 0 Å². The predicted octanol–water partition coefficient (Wildman–Crippen LogP) is 3.62. The minimum absolute atomic E-state index is 0.145. The first-order chi connectivity index (χ1) is 10.2. The molecule has 0 bridgehead atoms. The molecule has 2 aromatic rings. The summed E-state index contributed by atoms with van der Waals surface area (Å²) in [6.07, 6.45) is 0.940. The quantitative estimate of drug-likeness (QED) is 0.760. The summed E-state index contributed by atoms with van der Waals surface area (Å²) in [4.78, 5) is 16.0. The van der Waals surface area contributed by atoms with Crippen molar-refractivity contribution in [2.45, 2.75) is 27.2 Å². The molecule has 5 nitrogen and oxygen atoms in total. The Morgan fingerprint density at radius 2 is 2.14 bits per heavy atom. The number of carbonyl (C=O) groups excluding carboxylic acids is 1. The highest BCUT2D eigenvalue weighted by Crippen LogP contribution is 2.25. The molecular weight excluding hydrogens is 270 g/mol. The number of hydrogen-bond acceptors (Lipinski definition) is 5. The summed E-state index contributed by atoms with van der Waals surface area (Å²) in [5.41, 5.74) is 1.28. The fourth-order valence-electron chi connectivity index (χ4n) is 1.84. The van der Waals surface area contributed by atoms with Gasteiger partial charge in [0.1, 0.15) is 5.75 Å². The Balaban J connectivity index is 2.26. The largest absolute Gasteiger partial charge is 0.494 e. The number of rotatable bonds is 6. The van der Waals surface area contributed by atoms with Crippen molar-refractivity contribution in [2.75, 3.05) is 13.2 Å². The van der Waals surface area contributed by atoms with Gasteiger partial charge in [0.2, 0.25) is 11.7 Å². The first kappa shape index (κ1) is 15.1. The number of hydrogen-bond donors (Lipinski definition) is 0. The summed E-state index contributed by atoms with van der Waals surface area (Å²) in [6.45, 7) is 6.47. The first-order valence-electron chi connectivity index (χ1n) is 7.03. The van der Waals surface area contributed by atoms with Gasteiger partial charge in [0.25, 0.3) is 0 Å². The third-order valence-corrected chi connectivity index (χ3v) is 2.81. The second kappa shape index (κ2) is 6.92. The summed E-state index contributed by atoms with van der Waals surface area (Å²) in [6, 6.07) is 7.44. The Bertz CT molecular complexity index is 618. The highest BCUT2D eigenvalue weighted by atomic mass is 16.5. The van der Waals surface area contributed by atoms with Crippen molar-refractivity contribution in [3.63, 3.8) is 0 Å². The van der Waals surface area contributed by atoms with Gasteiger partial charge in [0.05, 0.1) is 18.9 Å². The average Bonchev–Trinajstić information content (AvgIpc) is 2.88. The minimum Gasteiger partial charge on any atom is -0.494 e. The van der Waals surface area contributed by atoms with Crippen molar-refractivity contribution in [1.29, 1.82) is 0 Å². The normalized spacial score (nSPS) is 10.4. The number of benzene rings is 1. The van der Waals surface area contributed by atoms with Crippen LogP contribution in [0.1, 0.15) is 36.5 Å². The van der Waals surface area contributed by atoms with Gasteiger partial charge < -0.3 is 13.9 Å². The predicted molar refractivity (Wildman–Crippen MR) is 78.4 cm³/mol. The molecule has 2 rings (SSSR count). The van der Waals surface area contributed by atoms with Gasteiger partial charge in [-0.05, 0) is 38.5 Å². The van der Waals surface area contributed by atoms with E-state index in [9.17, 15) is 4.79 Å². The van der Waals surface area contributed by atoms with E-state index in [4.69, 9.17) is 13.9 Å². The number of carbonyl (C=O) groups is 1. The second-order valence-electron chi connectivity index (χ2n) is 4.53. The van der Waals surface area contributed by atoms with Crippen LogP contribution < -0.4 is 4.74 Å². The lowest BCUT2D eigenvalue weighted by Gasteiger charge is -2.05. The van der Waals surface area contributed by atoms with E-state index in [2.05, 4.69) is 4.98 Å². The van der Waals surface area contributed by atoms with Crippen LogP contribution in [0.5, 0.6) is 5.75 Å². The molecule has 1 aromatic carbocycles. The zero-order chi connectivity index (χ0) is 15.2. The van der Waals surface area contributed by atoms with Crippen molar-refractivity contribution in [3.05, 3.63) is 35.7 Å². The van der Waals surface area contributed by atoms with E-state index in [-0.39, 0.29) is 5.76 Å². The maximum absolute atomic E-state index is 11.7. The Morgan fingerprint density at radius 3 is 2.86 bits per heavy atom. The molecule has 0 fully saturated rings. The third-order valence-electron chi connectivity index (χ3n) is 2.81. The molecule has 0 amide bonds. The molecule has 0 saturated carbocycles. The summed E-state index contributed by atoms with van der Waals surface area (Å²) < 4.78 is 16.0. The van der Waals surface area contributed by atoms with E-state index >= 15 is 0 Å². The SMILES string of the molecule is CCCOc1cccc(-c2nc(C)c(C(=O)OCC)o2)c1. The molecule has 1 aromatic heterocycles. The molecule has 0 saturated heterocycles. The lowest BCUT2D eigenvalue weighted by atomic mass is 10.2. The van der Waals surface area contributed by atoms with Crippen molar-refractivity contribution >= 4 is 5.97 Å². The molecule has 0 radical (unpaired) electrons. The van der Waals surface area contributed by atoms with E-state index in [1.165, 1.54) is 0 Å². The van der Waals surface area contributed by atoms with Gasteiger partial charge >= 0.3 is 5.97 Å². The molecule has 112 valence electrons. The van der Waals surface area contributed by atoms with Crippen molar-refractivity contribution < 1.29 is 18.7 Å². The van der Waals surface area contributed by atoms with Crippen LogP contribution >= 0.6 is 0 Å². The average molecular weight is 289 g/mol. The zero-order valence-electron chi connectivity index (χ0n) is 12.5. The Kier molecular flexibility index (Phi) is 4.98. The van der Waals surface area contributed by atoms with Crippen molar-refractivity contribution in [3.8, 4) is 17.2 Å². The molecular formula is C16H19NO4. The van der Waals surface area contributed by atoms with Gasteiger partial charge in [-0.3, -0.25) is 0 Å². The van der Waals surface area contributed by atoms with Crippen molar-refractivity contribution in [2.24, 2.45) is 0 Å². The molecule has 21 heavy (non-hydrogen) atoms. The molecule has 0 aliphatic rings. The number of aryl methyl sites for hydroxylation is 1. The topological polar surface area (TPSA) is 61.6 Å². The number of nitrogens with zero attached hydrogens (tertiary/aromatic N) is 1. The maximum Gasteiger partial charge on any atom is 0.376 e. The Morgan fingerprint density at radius 1 is 1.33 bits per heavy atom. The van der Waals surface area contributed by atoms with Crippen LogP contribution in [0.3, 0.4) is 0 Å². The summed E-state index contributed by atoms with van der Waals surface area (Å²) in [5, 5.41) is 0. The summed E-state index contributed by atoms with van der Waals surface area (Å²) in [5.74, 6) is 0.791. The van der Waals surface area contributed by atoms with Crippen LogP contribution in [0.4, 0.5) is 0 Å². The number of aromatic nitrogens is 1. The van der Waals surface area contributed by atoms with E-state index in [0.717, 1.165) is 17.7 Å². The van der Waals surface area contributed by atoms with Crippen LogP contribution in [0.15, 0.2) is 28.7 Å². The van der Waals surface area contributed by atoms with Gasteiger partial charge in [0.15, 0.2) is 0 Å². The molecule has 5 heteroatoms. The van der Waals surface area contributed by atoms with Crippen molar-refractivity contribution in [1.82, 2.24) is 4.98 Å². The Labute approximate surface area is 123 Å². The molecule has 0 spiro atoms. The fourth-order valence-corrected chi connectivity index (χ4v) is 1.84. The van der Waals surface area contributed by atoms with E-state index in [1.54, 1.807) is 13.8 Å². The van der Waals surface area contributed by atoms with Gasteiger partial charge in [-0.25, -0.2) is 9.78 Å². The van der Waals surface area contributed by atoms with E-state index in [1.807, 2.05) is 31.2 Å². The third kappa shape index (κ3) is 3.62. The standard InChI is InChI=1S/C16H19NO4/c1-4-9-20-13-8-6-7-12(10-13)15-17-11(3)14(21-15)16(18)19-5-2/h6-8,10H,4-5,9H2,1-3H3. The van der Waals surface area contributed by atoms with Crippen LogP contribution in [0.25, 0.3) is 11.5 Å². The zero-order valence-corrected chi connectivity index (χ0v) is 12.5. The van der Waals surface area contributed by atoms with Crippen LogP contribution in [-0.4, -0.2) is 24.2 Å². The highest BCUT2D eigenvalue weighted by Gasteiger charge is 2.19. The lowest BCUT2D eigenvalue weighted by molar-refractivity contribution is 0.0490. The van der Waals surface area contributed by atoms with E-state index < -0.39 is 5.97 Å². The minimum atomic E-state index is -0.493. The second-order valence-corrected chi connectivity index (χ2v) is 4.53. The fraction of sp³-hybridized carbons (Fsp3) is 0.375. The van der Waals surface area contributed by atoms with E-state index in [0.29, 0.717) is 24.8 Å².